The lowest BCUT2D eigenvalue weighted by Crippen LogP contribution is -2.47. The van der Waals surface area contributed by atoms with Crippen molar-refractivity contribution in [3.8, 4) is 0 Å². The molecule has 0 aromatic heterocycles. The minimum atomic E-state index is 0.108. The summed E-state index contributed by atoms with van der Waals surface area (Å²) < 4.78 is 12.5. The van der Waals surface area contributed by atoms with Gasteiger partial charge in [-0.1, -0.05) is 38.8 Å². The van der Waals surface area contributed by atoms with E-state index in [-0.39, 0.29) is 12.2 Å². The van der Waals surface area contributed by atoms with Crippen molar-refractivity contribution in [3.05, 3.63) is 11.6 Å². The molecule has 0 aromatic rings. The molecule has 0 bridgehead atoms. The van der Waals surface area contributed by atoms with Crippen LogP contribution in [0.25, 0.3) is 0 Å². The van der Waals surface area contributed by atoms with Crippen LogP contribution in [0.4, 0.5) is 0 Å². The molecule has 2 N–H and O–H groups in total. The summed E-state index contributed by atoms with van der Waals surface area (Å²) >= 11 is 0. The van der Waals surface area contributed by atoms with Crippen molar-refractivity contribution < 1.29 is 14.6 Å². The van der Waals surface area contributed by atoms with Gasteiger partial charge >= 0.3 is 0 Å². The molecule has 9 atom stereocenters. The van der Waals surface area contributed by atoms with Crippen LogP contribution in [-0.2, 0) is 9.47 Å². The molecule has 1 heterocycles. The Hall–Kier alpha value is -0.420. The molecule has 1 saturated heterocycles. The third-order valence-corrected chi connectivity index (χ3v) is 12.5. The summed E-state index contributed by atoms with van der Waals surface area (Å²) in [5.74, 6) is 3.47. The quantitative estimate of drug-likeness (QED) is 0.316. The maximum atomic E-state index is 8.81. The Morgan fingerprint density at radius 2 is 2.00 bits per heavy atom. The SMILES string of the molecule is CC(CNCCOCCO)CC1CCC2(CCC3C4CC=C5CCCCC5(C)C4CC34CC24C)O1. The highest BCUT2D eigenvalue weighted by Crippen LogP contribution is 2.86. The van der Waals surface area contributed by atoms with E-state index in [1.807, 2.05) is 5.57 Å². The minimum absolute atomic E-state index is 0.108. The lowest BCUT2D eigenvalue weighted by Gasteiger charge is -2.48. The van der Waals surface area contributed by atoms with Gasteiger partial charge in [-0.15, -0.1) is 0 Å². The van der Waals surface area contributed by atoms with Crippen molar-refractivity contribution in [2.24, 2.45) is 39.9 Å². The van der Waals surface area contributed by atoms with Crippen molar-refractivity contribution in [2.75, 3.05) is 32.9 Å². The first kappa shape index (κ1) is 24.9. The lowest BCUT2D eigenvalue weighted by molar-refractivity contribution is -0.131. The number of fused-ring (bicyclic) bond motifs is 5. The maximum absolute atomic E-state index is 8.81. The first-order valence-electron chi connectivity index (χ1n) is 15.1. The molecule has 1 aliphatic heterocycles. The van der Waals surface area contributed by atoms with Crippen molar-refractivity contribution in [1.29, 1.82) is 0 Å². The predicted octanol–water partition coefficient (Wildman–Crippen LogP) is 5.88. The first-order valence-corrected chi connectivity index (χ1v) is 15.1. The molecule has 6 rings (SSSR count). The number of nitrogens with one attached hydrogen (secondary N) is 1. The van der Waals surface area contributed by atoms with Crippen LogP contribution in [0.3, 0.4) is 0 Å². The monoisotopic (exact) mass is 485 g/mol. The number of hydrogen-bond donors (Lipinski definition) is 2. The van der Waals surface area contributed by atoms with Crippen LogP contribution in [0.15, 0.2) is 11.6 Å². The second-order valence-corrected chi connectivity index (χ2v) is 14.0. The zero-order chi connectivity index (χ0) is 24.3. The largest absolute Gasteiger partial charge is 0.394 e. The van der Waals surface area contributed by atoms with E-state index in [4.69, 9.17) is 14.6 Å². The Kier molecular flexibility index (Phi) is 6.47. The number of hydrogen-bond acceptors (Lipinski definition) is 4. The molecular weight excluding hydrogens is 434 g/mol. The van der Waals surface area contributed by atoms with Crippen LogP contribution in [0.5, 0.6) is 0 Å². The van der Waals surface area contributed by atoms with E-state index in [2.05, 4.69) is 32.2 Å². The van der Waals surface area contributed by atoms with E-state index < -0.39 is 0 Å². The van der Waals surface area contributed by atoms with Crippen LogP contribution in [-0.4, -0.2) is 49.7 Å². The molecule has 0 radical (unpaired) electrons. The maximum Gasteiger partial charge on any atom is 0.0746 e. The van der Waals surface area contributed by atoms with Crippen molar-refractivity contribution in [1.82, 2.24) is 5.32 Å². The molecule has 4 heteroatoms. The van der Waals surface area contributed by atoms with Crippen LogP contribution in [0, 0.1) is 39.9 Å². The second-order valence-electron chi connectivity index (χ2n) is 14.0. The summed E-state index contributed by atoms with van der Waals surface area (Å²) in [6.45, 7) is 10.8. The number of allylic oxidation sites excluding steroid dienone is 2. The smallest absolute Gasteiger partial charge is 0.0746 e. The van der Waals surface area contributed by atoms with Crippen LogP contribution in [0.1, 0.15) is 97.8 Å². The van der Waals surface area contributed by atoms with E-state index in [0.29, 0.717) is 41.5 Å². The molecule has 5 aliphatic carbocycles. The Balaban J connectivity index is 1.08. The third kappa shape index (κ3) is 3.74. The van der Waals surface area contributed by atoms with E-state index in [9.17, 15) is 0 Å². The van der Waals surface area contributed by atoms with Gasteiger partial charge in [0.1, 0.15) is 0 Å². The van der Waals surface area contributed by atoms with Gasteiger partial charge in [0, 0.05) is 12.0 Å². The standard InChI is InChI=1S/C31H51NO3/c1-22(20-32-14-16-34-17-15-33)18-24-9-12-31(35-24)13-10-26-25-8-7-23-6-4-5-11-28(23,2)27(25)19-30(26)21-29(30,31)3/h7,22,24-27,32-33H,4-6,8-21H2,1-3H3. The average molecular weight is 486 g/mol. The topological polar surface area (TPSA) is 50.7 Å². The van der Waals surface area contributed by atoms with Crippen LogP contribution >= 0.6 is 0 Å². The molecule has 2 spiro atoms. The molecule has 4 saturated carbocycles. The van der Waals surface area contributed by atoms with Gasteiger partial charge in [-0.3, -0.25) is 0 Å². The molecule has 5 fully saturated rings. The van der Waals surface area contributed by atoms with Gasteiger partial charge in [0.15, 0.2) is 0 Å². The van der Waals surface area contributed by atoms with E-state index in [1.54, 1.807) is 0 Å². The molecule has 35 heavy (non-hydrogen) atoms. The zero-order valence-corrected chi connectivity index (χ0v) is 22.7. The summed E-state index contributed by atoms with van der Waals surface area (Å²) in [7, 11) is 0. The van der Waals surface area contributed by atoms with Gasteiger partial charge < -0.3 is 19.9 Å². The summed E-state index contributed by atoms with van der Waals surface area (Å²) in [6, 6.07) is 0. The molecule has 6 aliphatic rings. The highest BCUT2D eigenvalue weighted by atomic mass is 16.5. The average Bonchev–Trinajstić information content (AvgIpc) is 3.12. The van der Waals surface area contributed by atoms with Gasteiger partial charge in [-0.2, -0.15) is 0 Å². The normalized spacial score (nSPS) is 48.6. The Bertz CT molecular complexity index is 828. The van der Waals surface area contributed by atoms with Gasteiger partial charge in [-0.05, 0) is 112 Å². The summed E-state index contributed by atoms with van der Waals surface area (Å²) in [4.78, 5) is 0. The molecule has 198 valence electrons. The lowest BCUT2D eigenvalue weighted by atomic mass is 9.57. The summed E-state index contributed by atoms with van der Waals surface area (Å²) in [6.07, 6.45) is 19.7. The highest BCUT2D eigenvalue weighted by molar-refractivity contribution is 5.34. The van der Waals surface area contributed by atoms with Crippen molar-refractivity contribution in [2.45, 2.75) is 110 Å². The fraction of sp³-hybridized carbons (Fsp3) is 0.935. The number of aliphatic hydroxyl groups is 1. The Morgan fingerprint density at radius 1 is 1.14 bits per heavy atom. The highest BCUT2D eigenvalue weighted by Gasteiger charge is 2.82. The summed E-state index contributed by atoms with van der Waals surface area (Å²) in [5, 5.41) is 12.3. The fourth-order valence-electron chi connectivity index (χ4n) is 10.7. The zero-order valence-electron chi connectivity index (χ0n) is 22.7. The van der Waals surface area contributed by atoms with Crippen molar-refractivity contribution in [3.63, 3.8) is 0 Å². The number of aliphatic hydroxyl groups excluding tert-OH is 1. The van der Waals surface area contributed by atoms with E-state index in [0.717, 1.165) is 30.8 Å². The fourth-order valence-corrected chi connectivity index (χ4v) is 10.7. The molecule has 0 aromatic carbocycles. The van der Waals surface area contributed by atoms with Gasteiger partial charge in [0.2, 0.25) is 0 Å². The van der Waals surface area contributed by atoms with E-state index in [1.165, 1.54) is 77.0 Å². The molecule has 9 unspecified atom stereocenters. The van der Waals surface area contributed by atoms with Gasteiger partial charge in [0.05, 0.1) is 31.5 Å². The van der Waals surface area contributed by atoms with Crippen LogP contribution in [0.2, 0.25) is 0 Å². The molecule has 0 amide bonds. The number of ether oxygens (including phenoxy) is 2. The predicted molar refractivity (Wildman–Crippen MR) is 140 cm³/mol. The van der Waals surface area contributed by atoms with E-state index >= 15 is 0 Å². The summed E-state index contributed by atoms with van der Waals surface area (Å²) in [5.41, 5.74) is 3.52. The second kappa shape index (κ2) is 9.10. The third-order valence-electron chi connectivity index (χ3n) is 12.5. The Labute approximate surface area is 214 Å². The first-order chi connectivity index (χ1) is 16.9. The van der Waals surface area contributed by atoms with Gasteiger partial charge in [0.25, 0.3) is 0 Å². The van der Waals surface area contributed by atoms with Crippen molar-refractivity contribution >= 4 is 0 Å². The Morgan fingerprint density at radius 3 is 2.86 bits per heavy atom. The molecular formula is C31H51NO3. The molecule has 4 nitrogen and oxygen atoms in total. The number of rotatable bonds is 9. The van der Waals surface area contributed by atoms with Gasteiger partial charge in [-0.25, -0.2) is 0 Å². The minimum Gasteiger partial charge on any atom is -0.394 e. The van der Waals surface area contributed by atoms with Crippen LogP contribution < -0.4 is 5.32 Å².